The molecule has 1 saturated carbocycles. The van der Waals surface area contributed by atoms with Crippen molar-refractivity contribution in [2.24, 2.45) is 11.3 Å². The number of hydrogen-bond acceptors (Lipinski definition) is 6. The molecule has 1 atom stereocenters. The van der Waals surface area contributed by atoms with E-state index in [0.717, 1.165) is 56.5 Å². The Morgan fingerprint density at radius 3 is 2.79 bits per heavy atom. The van der Waals surface area contributed by atoms with Gasteiger partial charge in [0.25, 0.3) is 0 Å². The number of hydrogen-bond donors (Lipinski definition) is 1. The highest BCUT2D eigenvalue weighted by molar-refractivity contribution is 6.07. The Morgan fingerprint density at radius 1 is 1.21 bits per heavy atom. The third kappa shape index (κ3) is 3.92. The molecule has 4 fully saturated rings. The van der Waals surface area contributed by atoms with Crippen molar-refractivity contribution in [2.75, 3.05) is 50.8 Å². The second-order valence-corrected chi connectivity index (χ2v) is 10.5. The number of pyridine rings is 1. The van der Waals surface area contributed by atoms with E-state index in [0.29, 0.717) is 24.4 Å². The lowest BCUT2D eigenvalue weighted by atomic mass is 9.60. The molecule has 9 nitrogen and oxygen atoms in total. The van der Waals surface area contributed by atoms with Crippen LogP contribution in [0.1, 0.15) is 31.7 Å². The van der Waals surface area contributed by atoms with Crippen LogP contribution >= 0.6 is 0 Å². The number of fused-ring (bicyclic) bond motifs is 1. The maximum absolute atomic E-state index is 12.3. The number of imide groups is 1. The van der Waals surface area contributed by atoms with Crippen molar-refractivity contribution in [3.63, 3.8) is 0 Å². The summed E-state index contributed by atoms with van der Waals surface area (Å²) in [5.74, 6) is 0.614. The first-order valence-corrected chi connectivity index (χ1v) is 12.1. The molecule has 1 aliphatic carbocycles. The van der Waals surface area contributed by atoms with Crippen LogP contribution in [-0.4, -0.2) is 83.3 Å². The summed E-state index contributed by atoms with van der Waals surface area (Å²) in [6.07, 6.45) is 6.65. The summed E-state index contributed by atoms with van der Waals surface area (Å²) in [6, 6.07) is 4.41. The largest absolute Gasteiger partial charge is 0.380 e. The van der Waals surface area contributed by atoms with Gasteiger partial charge in [-0.1, -0.05) is 0 Å². The summed E-state index contributed by atoms with van der Waals surface area (Å²) in [5, 5.41) is 6.80. The number of carbonyl (C=O) groups excluding carboxylic acids is 2. The number of piperazine rings is 1. The van der Waals surface area contributed by atoms with Crippen LogP contribution in [0.25, 0.3) is 5.52 Å². The third-order valence-corrected chi connectivity index (χ3v) is 7.92. The fourth-order valence-corrected chi connectivity index (χ4v) is 6.11. The summed E-state index contributed by atoms with van der Waals surface area (Å²) in [5.41, 5.74) is 3.40. The van der Waals surface area contributed by atoms with Crippen molar-refractivity contribution < 1.29 is 14.3 Å². The highest BCUT2D eigenvalue weighted by atomic mass is 16.5. The summed E-state index contributed by atoms with van der Waals surface area (Å²) in [6.45, 7) is 10.0. The van der Waals surface area contributed by atoms with E-state index in [-0.39, 0.29) is 11.9 Å². The Balaban J connectivity index is 1.08. The van der Waals surface area contributed by atoms with Crippen molar-refractivity contribution in [3.8, 4) is 0 Å². The zero-order valence-electron chi connectivity index (χ0n) is 19.2. The van der Waals surface area contributed by atoms with Crippen LogP contribution in [0.5, 0.6) is 0 Å². The zero-order chi connectivity index (χ0) is 22.6. The number of carbonyl (C=O) groups is 2. The van der Waals surface area contributed by atoms with E-state index in [9.17, 15) is 9.59 Å². The normalized spacial score (nSPS) is 26.5. The maximum atomic E-state index is 12.3. The van der Waals surface area contributed by atoms with E-state index in [1.807, 2.05) is 6.20 Å². The van der Waals surface area contributed by atoms with Gasteiger partial charge in [-0.25, -0.2) is 9.31 Å². The Kier molecular flexibility index (Phi) is 5.15. The first kappa shape index (κ1) is 21.1. The van der Waals surface area contributed by atoms with Crippen molar-refractivity contribution in [1.82, 2.24) is 24.7 Å². The van der Waals surface area contributed by atoms with Crippen molar-refractivity contribution in [1.29, 1.82) is 0 Å². The number of ether oxygens (including phenoxy) is 1. The number of anilines is 1. The Hall–Kier alpha value is -2.49. The van der Waals surface area contributed by atoms with E-state index < -0.39 is 0 Å². The molecule has 9 heteroatoms. The molecular formula is C24H32N6O3. The number of rotatable bonds is 5. The molecule has 1 N–H and O–H groups in total. The van der Waals surface area contributed by atoms with Crippen LogP contribution in [-0.2, 0) is 16.1 Å². The molecule has 1 spiro atoms. The molecule has 33 heavy (non-hydrogen) atoms. The average molecular weight is 453 g/mol. The summed E-state index contributed by atoms with van der Waals surface area (Å²) >= 11 is 0. The minimum absolute atomic E-state index is 0.226. The standard InChI is InChI=1S/C24H32N6O3/c1-17-12-27(6-7-28(17)14-19-9-24(10-19)15-33-16-24)13-18-2-5-30-20(8-18)21(11-25-30)29-4-3-22(31)26-23(29)32/h2,5,8,11,17,19H,3-4,6-7,9-10,12-16H2,1H3,(H,26,31,32)/t17-/m0/s1. The molecule has 0 unspecified atom stereocenters. The van der Waals surface area contributed by atoms with Gasteiger partial charge in [0.15, 0.2) is 0 Å². The van der Waals surface area contributed by atoms with Gasteiger partial charge in [-0.2, -0.15) is 5.10 Å². The quantitative estimate of drug-likeness (QED) is 0.744. The average Bonchev–Trinajstić information content (AvgIpc) is 3.13. The second-order valence-electron chi connectivity index (χ2n) is 10.5. The van der Waals surface area contributed by atoms with E-state index >= 15 is 0 Å². The summed E-state index contributed by atoms with van der Waals surface area (Å²) in [4.78, 5) is 30.6. The molecule has 2 aromatic rings. The highest BCUT2D eigenvalue weighted by Gasteiger charge is 2.50. The molecule has 2 aromatic heterocycles. The minimum atomic E-state index is -0.376. The van der Waals surface area contributed by atoms with Crippen molar-refractivity contribution in [3.05, 3.63) is 30.1 Å². The van der Waals surface area contributed by atoms with E-state index in [4.69, 9.17) is 4.74 Å². The predicted molar refractivity (Wildman–Crippen MR) is 123 cm³/mol. The number of urea groups is 1. The van der Waals surface area contributed by atoms with E-state index in [1.165, 1.54) is 24.9 Å². The molecule has 3 amide bonds. The van der Waals surface area contributed by atoms with Gasteiger partial charge in [0.2, 0.25) is 5.91 Å². The molecular weight excluding hydrogens is 420 g/mol. The monoisotopic (exact) mass is 452 g/mol. The van der Waals surface area contributed by atoms with Gasteiger partial charge >= 0.3 is 6.03 Å². The van der Waals surface area contributed by atoms with Gasteiger partial charge in [-0.05, 0) is 43.4 Å². The molecule has 0 radical (unpaired) electrons. The first-order valence-electron chi connectivity index (χ1n) is 12.1. The SMILES string of the molecule is C[C@H]1CN(Cc2ccn3ncc(N4CCC(=O)NC4=O)c3c2)CCN1CC1CC2(COC2)C1. The van der Waals surface area contributed by atoms with Crippen LogP contribution in [0.4, 0.5) is 10.5 Å². The van der Waals surface area contributed by atoms with E-state index in [1.54, 1.807) is 15.6 Å². The fourth-order valence-electron chi connectivity index (χ4n) is 6.11. The van der Waals surface area contributed by atoms with Gasteiger partial charge in [0.05, 0.1) is 30.6 Å². The Morgan fingerprint density at radius 2 is 2.06 bits per heavy atom. The summed E-state index contributed by atoms with van der Waals surface area (Å²) in [7, 11) is 0. The van der Waals surface area contributed by atoms with Gasteiger partial charge in [0, 0.05) is 63.3 Å². The van der Waals surface area contributed by atoms with Crippen LogP contribution in [0.3, 0.4) is 0 Å². The smallest absolute Gasteiger partial charge is 0.328 e. The number of amides is 3. The van der Waals surface area contributed by atoms with E-state index in [2.05, 4.69) is 39.3 Å². The first-order chi connectivity index (χ1) is 16.0. The van der Waals surface area contributed by atoms with Crippen molar-refractivity contribution in [2.45, 2.75) is 38.8 Å². The van der Waals surface area contributed by atoms with Crippen LogP contribution in [0, 0.1) is 11.3 Å². The minimum Gasteiger partial charge on any atom is -0.380 e. The lowest BCUT2D eigenvalue weighted by molar-refractivity contribution is -0.183. The number of nitrogens with zero attached hydrogens (tertiary/aromatic N) is 5. The topological polar surface area (TPSA) is 82.4 Å². The lowest BCUT2D eigenvalue weighted by Crippen LogP contribution is -2.58. The predicted octanol–water partition coefficient (Wildman–Crippen LogP) is 1.71. The fraction of sp³-hybridized carbons (Fsp3) is 0.625. The van der Waals surface area contributed by atoms with Gasteiger partial charge in [0.1, 0.15) is 0 Å². The Bertz CT molecular complexity index is 1070. The van der Waals surface area contributed by atoms with Gasteiger partial charge in [-0.15, -0.1) is 0 Å². The lowest BCUT2D eigenvalue weighted by Gasteiger charge is -2.55. The summed E-state index contributed by atoms with van der Waals surface area (Å²) < 4.78 is 7.21. The van der Waals surface area contributed by atoms with Crippen LogP contribution in [0.2, 0.25) is 0 Å². The van der Waals surface area contributed by atoms with Crippen LogP contribution in [0.15, 0.2) is 24.5 Å². The number of aromatic nitrogens is 2. The second kappa shape index (κ2) is 8.07. The van der Waals surface area contributed by atoms with Gasteiger partial charge < -0.3 is 4.74 Å². The third-order valence-electron chi connectivity index (χ3n) is 7.92. The molecule has 4 aliphatic rings. The molecule has 3 aliphatic heterocycles. The number of nitrogens with one attached hydrogen (secondary N) is 1. The molecule has 3 saturated heterocycles. The molecule has 0 bridgehead atoms. The Labute approximate surface area is 193 Å². The van der Waals surface area contributed by atoms with Crippen LogP contribution < -0.4 is 10.2 Å². The van der Waals surface area contributed by atoms with Gasteiger partial charge in [-0.3, -0.25) is 24.8 Å². The maximum Gasteiger partial charge on any atom is 0.328 e. The van der Waals surface area contributed by atoms with Crippen molar-refractivity contribution >= 4 is 23.1 Å². The molecule has 0 aromatic carbocycles. The molecule has 6 rings (SSSR count). The zero-order valence-corrected chi connectivity index (χ0v) is 19.2. The highest BCUT2D eigenvalue weighted by Crippen LogP contribution is 2.51. The molecule has 5 heterocycles. The molecule has 176 valence electrons.